The summed E-state index contributed by atoms with van der Waals surface area (Å²) < 4.78 is 65.4. The lowest BCUT2D eigenvalue weighted by Crippen LogP contribution is -2.35. The van der Waals surface area contributed by atoms with E-state index in [2.05, 4.69) is 4.90 Å². The molecule has 1 fully saturated rings. The van der Waals surface area contributed by atoms with Gasteiger partial charge in [-0.2, -0.15) is 13.2 Å². The first-order valence-electron chi connectivity index (χ1n) is 12.6. The number of benzene rings is 3. The number of fused-ring (bicyclic) bond motifs is 1. The molecule has 0 spiro atoms. The van der Waals surface area contributed by atoms with Gasteiger partial charge in [0.1, 0.15) is 5.75 Å². The van der Waals surface area contributed by atoms with E-state index in [9.17, 15) is 22.2 Å². The van der Waals surface area contributed by atoms with Crippen LogP contribution in [0.4, 0.5) is 13.2 Å². The van der Waals surface area contributed by atoms with Crippen LogP contribution in [0.2, 0.25) is 0 Å². The third kappa shape index (κ3) is 6.06. The largest absolute Gasteiger partial charge is 0.482 e. The lowest BCUT2D eigenvalue weighted by molar-refractivity contribution is -0.139. The minimum Gasteiger partial charge on any atom is -0.482 e. The van der Waals surface area contributed by atoms with Crippen LogP contribution in [0, 0.1) is 6.92 Å². The van der Waals surface area contributed by atoms with E-state index in [0.717, 1.165) is 47.3 Å². The highest BCUT2D eigenvalue weighted by molar-refractivity contribution is 7.83. The van der Waals surface area contributed by atoms with Crippen LogP contribution in [-0.2, 0) is 33.2 Å². The summed E-state index contributed by atoms with van der Waals surface area (Å²) in [4.78, 5) is 13.6. The molecule has 40 heavy (non-hydrogen) atoms. The maximum atomic E-state index is 13.8. The molecule has 2 heterocycles. The average Bonchev–Trinajstić information content (AvgIpc) is 3.29. The van der Waals surface area contributed by atoms with Gasteiger partial charge in [0.2, 0.25) is 0 Å². The van der Waals surface area contributed by atoms with Gasteiger partial charge in [0.15, 0.2) is 17.6 Å². The van der Waals surface area contributed by atoms with Crippen molar-refractivity contribution in [2.45, 2.75) is 24.5 Å². The number of alkyl halides is 3. The standard InChI is InChI=1S/C29H27F3N2O5S/c1-19-14-24(7-9-27(19)39-18-28(35)36)40(37)34-17-22(16-33-10-12-38-13-11-33)25-15-21(4-8-26(25)34)20-2-5-23(6-3-20)29(30,31)32/h2-9,14-15,17H,10-13,16,18H2,1H3,(H,35,36). The molecule has 4 aromatic rings. The number of morpholine rings is 1. The number of carboxylic acids is 1. The first-order valence-corrected chi connectivity index (χ1v) is 13.7. The van der Waals surface area contributed by atoms with E-state index in [4.69, 9.17) is 14.6 Å². The van der Waals surface area contributed by atoms with Gasteiger partial charge < -0.3 is 14.6 Å². The number of hydrogen-bond donors (Lipinski definition) is 1. The number of aliphatic carboxylic acids is 1. The van der Waals surface area contributed by atoms with Gasteiger partial charge in [-0.05, 0) is 71.6 Å². The smallest absolute Gasteiger partial charge is 0.416 e. The van der Waals surface area contributed by atoms with Crippen LogP contribution in [0.25, 0.3) is 22.0 Å². The van der Waals surface area contributed by atoms with Gasteiger partial charge in [0.05, 0.1) is 29.2 Å². The van der Waals surface area contributed by atoms with E-state index in [1.807, 2.05) is 24.4 Å². The number of aromatic nitrogens is 1. The van der Waals surface area contributed by atoms with Crippen molar-refractivity contribution >= 4 is 27.9 Å². The van der Waals surface area contributed by atoms with Gasteiger partial charge in [-0.25, -0.2) is 9.00 Å². The minimum absolute atomic E-state index is 0.398. The molecule has 1 unspecified atom stereocenters. The first kappa shape index (κ1) is 27.9. The van der Waals surface area contributed by atoms with E-state index < -0.39 is 35.3 Å². The summed E-state index contributed by atoms with van der Waals surface area (Å²) in [5, 5.41) is 9.74. The van der Waals surface area contributed by atoms with Crippen molar-refractivity contribution in [3.05, 3.63) is 83.6 Å². The lowest BCUT2D eigenvalue weighted by Gasteiger charge is -2.26. The number of carboxylic acid groups (broad SMARTS) is 1. The summed E-state index contributed by atoms with van der Waals surface area (Å²) in [5.74, 6) is -0.691. The Balaban J connectivity index is 1.52. The molecule has 0 amide bonds. The molecular formula is C29H27F3N2O5S. The normalized spacial score (nSPS) is 15.3. The fraction of sp³-hybridized carbons (Fsp3) is 0.276. The second kappa shape index (κ2) is 11.4. The van der Waals surface area contributed by atoms with Crippen molar-refractivity contribution in [3.63, 3.8) is 0 Å². The lowest BCUT2D eigenvalue weighted by atomic mass is 10.0. The zero-order chi connectivity index (χ0) is 28.4. The van der Waals surface area contributed by atoms with Crippen LogP contribution < -0.4 is 4.74 Å². The monoisotopic (exact) mass is 572 g/mol. The van der Waals surface area contributed by atoms with Gasteiger partial charge in [0.25, 0.3) is 0 Å². The number of halogens is 3. The van der Waals surface area contributed by atoms with Crippen LogP contribution in [0.1, 0.15) is 16.7 Å². The van der Waals surface area contributed by atoms with Gasteiger partial charge in [-0.3, -0.25) is 8.87 Å². The molecule has 11 heteroatoms. The molecule has 7 nitrogen and oxygen atoms in total. The predicted octanol–water partition coefficient (Wildman–Crippen LogP) is 5.50. The van der Waals surface area contributed by atoms with Gasteiger partial charge in [0, 0.05) is 31.2 Å². The molecule has 1 N–H and O–H groups in total. The molecule has 1 saturated heterocycles. The van der Waals surface area contributed by atoms with E-state index >= 15 is 0 Å². The summed E-state index contributed by atoms with van der Waals surface area (Å²) in [5.41, 5.74) is 3.01. The summed E-state index contributed by atoms with van der Waals surface area (Å²) in [7, 11) is -1.63. The van der Waals surface area contributed by atoms with Gasteiger partial charge in [-0.15, -0.1) is 0 Å². The first-order chi connectivity index (χ1) is 19.1. The fourth-order valence-electron chi connectivity index (χ4n) is 4.71. The van der Waals surface area contributed by atoms with Gasteiger partial charge >= 0.3 is 12.1 Å². The summed E-state index contributed by atoms with van der Waals surface area (Å²) >= 11 is 0. The van der Waals surface area contributed by atoms with Crippen molar-refractivity contribution in [2.75, 3.05) is 32.9 Å². The van der Waals surface area contributed by atoms with Crippen LogP contribution >= 0.6 is 0 Å². The number of rotatable bonds is 8. The van der Waals surface area contributed by atoms with Crippen LogP contribution in [-0.4, -0.2) is 57.1 Å². The minimum atomic E-state index is -4.41. The number of aryl methyl sites for hydroxylation is 1. The maximum Gasteiger partial charge on any atom is 0.416 e. The number of hydrogen-bond acceptors (Lipinski definition) is 5. The molecule has 210 valence electrons. The van der Waals surface area contributed by atoms with E-state index in [0.29, 0.717) is 41.5 Å². The highest BCUT2D eigenvalue weighted by Crippen LogP contribution is 2.34. The molecule has 1 aliphatic rings. The Bertz CT molecular complexity index is 1560. The van der Waals surface area contributed by atoms with Crippen molar-refractivity contribution in [2.24, 2.45) is 0 Å². The van der Waals surface area contributed by atoms with Crippen LogP contribution in [0.15, 0.2) is 71.8 Å². The molecule has 5 rings (SSSR count). The number of carbonyl (C=O) groups is 1. The quantitative estimate of drug-likeness (QED) is 0.300. The Labute approximate surface area is 231 Å². The summed E-state index contributed by atoms with van der Waals surface area (Å²) in [6.07, 6.45) is -2.55. The highest BCUT2D eigenvalue weighted by Gasteiger charge is 2.30. The zero-order valence-corrected chi connectivity index (χ0v) is 22.4. The van der Waals surface area contributed by atoms with E-state index in [1.165, 1.54) is 12.1 Å². The molecular weight excluding hydrogens is 545 g/mol. The van der Waals surface area contributed by atoms with Crippen molar-refractivity contribution < 1.29 is 36.8 Å². The van der Waals surface area contributed by atoms with Crippen molar-refractivity contribution in [3.8, 4) is 16.9 Å². The molecule has 1 atom stereocenters. The Morgan fingerprint density at radius 3 is 2.38 bits per heavy atom. The van der Waals surface area contributed by atoms with Gasteiger partial charge in [-0.1, -0.05) is 18.2 Å². The number of nitrogens with zero attached hydrogens (tertiary/aromatic N) is 2. The Hall–Kier alpha value is -3.67. The zero-order valence-electron chi connectivity index (χ0n) is 21.6. The summed E-state index contributed by atoms with van der Waals surface area (Å²) in [6.45, 7) is 4.63. The Morgan fingerprint density at radius 2 is 1.73 bits per heavy atom. The van der Waals surface area contributed by atoms with Crippen LogP contribution in [0.5, 0.6) is 5.75 Å². The topological polar surface area (TPSA) is 81.0 Å². The van der Waals surface area contributed by atoms with Crippen molar-refractivity contribution in [1.82, 2.24) is 8.87 Å². The Kier molecular flexibility index (Phi) is 7.97. The fourth-order valence-corrected chi connectivity index (χ4v) is 5.96. The average molecular weight is 573 g/mol. The predicted molar refractivity (Wildman–Crippen MR) is 145 cm³/mol. The number of ether oxygens (including phenoxy) is 2. The SMILES string of the molecule is Cc1cc(S(=O)n2cc(CN3CCOCC3)c3cc(-c4ccc(C(F)(F)F)cc4)ccc32)ccc1OCC(=O)O. The second-order valence-corrected chi connectivity index (χ2v) is 10.9. The molecule has 1 aromatic heterocycles. The molecule has 0 radical (unpaired) electrons. The molecule has 0 bridgehead atoms. The Morgan fingerprint density at radius 1 is 1.02 bits per heavy atom. The van der Waals surface area contributed by atoms with Crippen LogP contribution in [0.3, 0.4) is 0 Å². The highest BCUT2D eigenvalue weighted by atomic mass is 32.2. The third-order valence-corrected chi connectivity index (χ3v) is 8.09. The maximum absolute atomic E-state index is 13.8. The molecule has 0 saturated carbocycles. The molecule has 1 aliphatic heterocycles. The van der Waals surface area contributed by atoms with Crippen molar-refractivity contribution in [1.29, 1.82) is 0 Å². The van der Waals surface area contributed by atoms with E-state index in [-0.39, 0.29) is 0 Å². The second-order valence-electron chi connectivity index (χ2n) is 9.53. The van der Waals surface area contributed by atoms with E-state index in [1.54, 1.807) is 29.1 Å². The summed E-state index contributed by atoms with van der Waals surface area (Å²) in [6, 6.07) is 15.6. The molecule has 3 aromatic carbocycles. The molecule has 0 aliphatic carbocycles. The third-order valence-electron chi connectivity index (χ3n) is 6.77.